The first-order chi connectivity index (χ1) is 13.5. The molecule has 0 saturated heterocycles. The van der Waals surface area contributed by atoms with Gasteiger partial charge in [0.2, 0.25) is 0 Å². The molecule has 146 valence electrons. The van der Waals surface area contributed by atoms with E-state index in [0.29, 0.717) is 17.7 Å². The highest BCUT2D eigenvalue weighted by Crippen LogP contribution is 2.28. The highest BCUT2D eigenvalue weighted by atomic mass is 16.5. The number of carbonyl (C=O) groups excluding carboxylic acids is 2. The number of nitrogens with one attached hydrogen (secondary N) is 2. The number of carbonyl (C=O) groups is 2. The Kier molecular flexibility index (Phi) is 5.99. The van der Waals surface area contributed by atoms with Gasteiger partial charge in [-0.2, -0.15) is 0 Å². The predicted molar refractivity (Wildman–Crippen MR) is 109 cm³/mol. The number of esters is 1. The number of anilines is 1. The Labute approximate surface area is 165 Å². The maximum atomic E-state index is 12.8. The van der Waals surface area contributed by atoms with E-state index in [4.69, 9.17) is 4.74 Å². The molecule has 1 heterocycles. The van der Waals surface area contributed by atoms with E-state index in [1.165, 1.54) is 0 Å². The van der Waals surface area contributed by atoms with Gasteiger partial charge in [-0.15, -0.1) is 0 Å². The summed E-state index contributed by atoms with van der Waals surface area (Å²) in [5.41, 5.74) is 3.90. The quantitative estimate of drug-likeness (QED) is 0.757. The standard InChI is InChI=1S/C22H25N3O3/c1-15-19(21(26)28-14-13-16-7-5-4-6-8-16)20(24-22(27)23-15)17-9-11-18(12-10-17)25(2)3/h4-12,20H,13-14H2,1-3H3,(H2,23,24,27)/t20-/m0/s1. The molecule has 6 heteroatoms. The van der Waals surface area contributed by atoms with Crippen molar-refractivity contribution in [3.63, 3.8) is 0 Å². The molecule has 2 amide bonds. The molecular weight excluding hydrogens is 354 g/mol. The Morgan fingerprint density at radius 1 is 1.07 bits per heavy atom. The highest BCUT2D eigenvalue weighted by Gasteiger charge is 2.32. The van der Waals surface area contributed by atoms with Gasteiger partial charge >= 0.3 is 12.0 Å². The molecule has 0 unspecified atom stereocenters. The zero-order valence-electron chi connectivity index (χ0n) is 16.4. The molecule has 0 aromatic heterocycles. The molecule has 1 aliphatic heterocycles. The van der Waals surface area contributed by atoms with Crippen LogP contribution < -0.4 is 15.5 Å². The Bertz CT molecular complexity index is 874. The first-order valence-electron chi connectivity index (χ1n) is 9.22. The second-order valence-electron chi connectivity index (χ2n) is 6.93. The third-order valence-corrected chi connectivity index (χ3v) is 4.70. The monoisotopic (exact) mass is 379 g/mol. The van der Waals surface area contributed by atoms with Crippen molar-refractivity contribution in [3.05, 3.63) is 77.0 Å². The summed E-state index contributed by atoms with van der Waals surface area (Å²) in [6.45, 7) is 1.99. The SMILES string of the molecule is CC1=C(C(=O)OCCc2ccccc2)[C@H](c2ccc(N(C)C)cc2)NC(=O)N1. The smallest absolute Gasteiger partial charge is 0.338 e. The van der Waals surface area contributed by atoms with Crippen molar-refractivity contribution in [2.24, 2.45) is 0 Å². The summed E-state index contributed by atoms with van der Waals surface area (Å²) in [5, 5.41) is 5.50. The van der Waals surface area contributed by atoms with Gasteiger partial charge in [0.05, 0.1) is 18.2 Å². The average molecular weight is 379 g/mol. The molecule has 2 N–H and O–H groups in total. The fourth-order valence-corrected chi connectivity index (χ4v) is 3.16. The van der Waals surface area contributed by atoms with Crippen LogP contribution in [0.3, 0.4) is 0 Å². The van der Waals surface area contributed by atoms with Gasteiger partial charge in [0.25, 0.3) is 0 Å². The molecule has 0 bridgehead atoms. The zero-order chi connectivity index (χ0) is 20.1. The average Bonchev–Trinajstić information content (AvgIpc) is 2.68. The van der Waals surface area contributed by atoms with E-state index < -0.39 is 12.0 Å². The van der Waals surface area contributed by atoms with Crippen LogP contribution in [0.15, 0.2) is 65.9 Å². The Morgan fingerprint density at radius 3 is 2.39 bits per heavy atom. The van der Waals surface area contributed by atoms with E-state index in [1.54, 1.807) is 6.92 Å². The molecule has 2 aromatic carbocycles. The van der Waals surface area contributed by atoms with Gasteiger partial charge in [-0.1, -0.05) is 42.5 Å². The van der Waals surface area contributed by atoms with Crippen LogP contribution in [-0.2, 0) is 16.0 Å². The zero-order valence-corrected chi connectivity index (χ0v) is 16.4. The number of hydrogen-bond acceptors (Lipinski definition) is 4. The molecule has 1 aliphatic rings. The number of benzene rings is 2. The summed E-state index contributed by atoms with van der Waals surface area (Å²) in [7, 11) is 3.92. The van der Waals surface area contributed by atoms with Gasteiger partial charge in [-0.25, -0.2) is 9.59 Å². The van der Waals surface area contributed by atoms with Crippen LogP contribution in [0.4, 0.5) is 10.5 Å². The van der Waals surface area contributed by atoms with Gasteiger partial charge in [0.1, 0.15) is 0 Å². The number of urea groups is 1. The number of rotatable bonds is 6. The fourth-order valence-electron chi connectivity index (χ4n) is 3.16. The summed E-state index contributed by atoms with van der Waals surface area (Å²) >= 11 is 0. The van der Waals surface area contributed by atoms with Crippen molar-refractivity contribution < 1.29 is 14.3 Å². The van der Waals surface area contributed by atoms with Crippen LogP contribution >= 0.6 is 0 Å². The molecule has 28 heavy (non-hydrogen) atoms. The molecule has 0 radical (unpaired) electrons. The number of amides is 2. The van der Waals surface area contributed by atoms with E-state index >= 15 is 0 Å². The number of hydrogen-bond donors (Lipinski definition) is 2. The van der Waals surface area contributed by atoms with Crippen molar-refractivity contribution >= 4 is 17.7 Å². The van der Waals surface area contributed by atoms with Gasteiger partial charge < -0.3 is 20.3 Å². The first-order valence-corrected chi connectivity index (χ1v) is 9.22. The first kappa shape index (κ1) is 19.5. The van der Waals surface area contributed by atoms with Crippen LogP contribution in [-0.4, -0.2) is 32.7 Å². The fraction of sp³-hybridized carbons (Fsp3) is 0.273. The molecule has 0 aliphatic carbocycles. The summed E-state index contributed by atoms with van der Waals surface area (Å²) in [6, 6.07) is 16.7. The predicted octanol–water partition coefficient (Wildman–Crippen LogP) is 3.17. The largest absolute Gasteiger partial charge is 0.462 e. The molecule has 2 aromatic rings. The van der Waals surface area contributed by atoms with Crippen LogP contribution in [0.25, 0.3) is 0 Å². The van der Waals surface area contributed by atoms with E-state index in [0.717, 1.165) is 16.8 Å². The van der Waals surface area contributed by atoms with E-state index in [2.05, 4.69) is 10.6 Å². The van der Waals surface area contributed by atoms with Gasteiger partial charge in [0.15, 0.2) is 0 Å². The topological polar surface area (TPSA) is 70.7 Å². The third kappa shape index (κ3) is 4.52. The van der Waals surface area contributed by atoms with Crippen LogP contribution in [0.1, 0.15) is 24.1 Å². The van der Waals surface area contributed by atoms with Crippen molar-refractivity contribution in [1.29, 1.82) is 0 Å². The minimum Gasteiger partial charge on any atom is -0.462 e. The summed E-state index contributed by atoms with van der Waals surface area (Å²) < 4.78 is 5.51. The lowest BCUT2D eigenvalue weighted by Gasteiger charge is -2.28. The van der Waals surface area contributed by atoms with Crippen LogP contribution in [0.5, 0.6) is 0 Å². The Balaban J connectivity index is 1.76. The van der Waals surface area contributed by atoms with E-state index in [1.807, 2.05) is 73.6 Å². The lowest BCUT2D eigenvalue weighted by atomic mass is 9.95. The normalized spacial score (nSPS) is 16.2. The molecular formula is C22H25N3O3. The van der Waals surface area contributed by atoms with E-state index in [9.17, 15) is 9.59 Å². The minimum absolute atomic E-state index is 0.278. The molecule has 0 saturated carbocycles. The molecule has 3 rings (SSSR count). The maximum absolute atomic E-state index is 12.8. The Hall–Kier alpha value is -3.28. The van der Waals surface area contributed by atoms with Crippen LogP contribution in [0, 0.1) is 0 Å². The minimum atomic E-state index is -0.547. The lowest BCUT2D eigenvalue weighted by molar-refractivity contribution is -0.139. The van der Waals surface area contributed by atoms with E-state index in [-0.39, 0.29) is 12.6 Å². The number of nitrogens with zero attached hydrogens (tertiary/aromatic N) is 1. The van der Waals surface area contributed by atoms with Crippen molar-refractivity contribution in [2.75, 3.05) is 25.6 Å². The van der Waals surface area contributed by atoms with Gasteiger partial charge in [-0.3, -0.25) is 0 Å². The maximum Gasteiger partial charge on any atom is 0.338 e. The van der Waals surface area contributed by atoms with Crippen molar-refractivity contribution in [3.8, 4) is 0 Å². The van der Waals surface area contributed by atoms with Crippen molar-refractivity contribution in [2.45, 2.75) is 19.4 Å². The van der Waals surface area contributed by atoms with Crippen LogP contribution in [0.2, 0.25) is 0 Å². The van der Waals surface area contributed by atoms with Gasteiger partial charge in [-0.05, 0) is 30.2 Å². The molecule has 6 nitrogen and oxygen atoms in total. The second kappa shape index (κ2) is 8.61. The molecule has 0 fully saturated rings. The molecule has 0 spiro atoms. The van der Waals surface area contributed by atoms with Crippen molar-refractivity contribution in [1.82, 2.24) is 10.6 Å². The third-order valence-electron chi connectivity index (χ3n) is 4.70. The summed E-state index contributed by atoms with van der Waals surface area (Å²) in [5.74, 6) is -0.428. The highest BCUT2D eigenvalue weighted by molar-refractivity contribution is 5.95. The molecule has 1 atom stereocenters. The number of ether oxygens (including phenoxy) is 1. The lowest BCUT2D eigenvalue weighted by Crippen LogP contribution is -2.45. The van der Waals surface area contributed by atoms with Gasteiger partial charge in [0, 0.05) is 31.9 Å². The second-order valence-corrected chi connectivity index (χ2v) is 6.93. The summed E-state index contributed by atoms with van der Waals surface area (Å²) in [4.78, 5) is 26.8. The Morgan fingerprint density at radius 2 is 1.75 bits per heavy atom. The number of allylic oxidation sites excluding steroid dienone is 1. The summed E-state index contributed by atoms with van der Waals surface area (Å²) in [6.07, 6.45) is 0.640.